The second kappa shape index (κ2) is 12.8. The van der Waals surface area contributed by atoms with Crippen molar-refractivity contribution in [2.24, 2.45) is 0 Å². The Balaban J connectivity index is 1.11. The molecule has 0 atom stereocenters. The lowest BCUT2D eigenvalue weighted by Crippen LogP contribution is -2.01. The van der Waals surface area contributed by atoms with E-state index in [-0.39, 0.29) is 0 Å². The highest BCUT2D eigenvalue weighted by molar-refractivity contribution is 6.19. The second-order valence-corrected chi connectivity index (χ2v) is 14.7. The van der Waals surface area contributed by atoms with Gasteiger partial charge in [-0.25, -0.2) is 15.0 Å². The largest absolute Gasteiger partial charge is 0.456 e. The van der Waals surface area contributed by atoms with Gasteiger partial charge < -0.3 is 8.83 Å². The van der Waals surface area contributed by atoms with Crippen LogP contribution in [0.2, 0.25) is 0 Å². The van der Waals surface area contributed by atoms with Crippen molar-refractivity contribution in [3.05, 3.63) is 188 Å². The lowest BCUT2D eigenvalue weighted by molar-refractivity contribution is 0.669. The van der Waals surface area contributed by atoms with Gasteiger partial charge in [0, 0.05) is 43.6 Å². The molecule has 0 aliphatic heterocycles. The molecule has 0 saturated heterocycles. The maximum atomic E-state index is 6.61. The summed E-state index contributed by atoms with van der Waals surface area (Å²) in [5.74, 6) is 1.71. The van der Waals surface area contributed by atoms with Gasteiger partial charge in [0.1, 0.15) is 22.3 Å². The second-order valence-electron chi connectivity index (χ2n) is 14.7. The van der Waals surface area contributed by atoms with Gasteiger partial charge in [-0.3, -0.25) is 0 Å². The van der Waals surface area contributed by atoms with Crippen LogP contribution in [0.3, 0.4) is 0 Å². The van der Waals surface area contributed by atoms with Crippen LogP contribution in [0.5, 0.6) is 0 Å². The van der Waals surface area contributed by atoms with Crippen LogP contribution in [-0.4, -0.2) is 15.0 Å². The van der Waals surface area contributed by atoms with Crippen LogP contribution in [0.15, 0.2) is 197 Å². The van der Waals surface area contributed by atoms with Gasteiger partial charge in [0.05, 0.1) is 0 Å². The molecule has 12 rings (SSSR count). The van der Waals surface area contributed by atoms with E-state index in [1.165, 1.54) is 11.1 Å². The maximum absolute atomic E-state index is 6.61. The standard InChI is InChI=1S/C53H31N3O2/c1-3-12-32(13-4-1)35-26-29-45-44(31-35)49-43(21-10-22-46(49)57-45)53-55-51(37-25-27-39-36(30-37)17-9-19-38(39)33-14-5-2-6-15-33)54-52(56-53)42-20-11-23-47-48(42)41-28-24-34-16-7-8-18-40(34)50(41)58-47/h1-31H. The molecule has 0 N–H and O–H groups in total. The summed E-state index contributed by atoms with van der Waals surface area (Å²) in [6.45, 7) is 0. The number of rotatable bonds is 5. The van der Waals surface area contributed by atoms with Crippen LogP contribution in [0, 0.1) is 0 Å². The third kappa shape index (κ3) is 5.14. The Kier molecular flexibility index (Phi) is 7.16. The fourth-order valence-corrected chi connectivity index (χ4v) is 8.60. The molecular formula is C53H31N3O2. The minimum Gasteiger partial charge on any atom is -0.456 e. The molecule has 0 fully saturated rings. The van der Waals surface area contributed by atoms with Crippen LogP contribution >= 0.6 is 0 Å². The summed E-state index contributed by atoms with van der Waals surface area (Å²) >= 11 is 0. The van der Waals surface area contributed by atoms with Crippen molar-refractivity contribution in [3.8, 4) is 56.4 Å². The van der Waals surface area contributed by atoms with Gasteiger partial charge in [-0.2, -0.15) is 0 Å². The van der Waals surface area contributed by atoms with E-state index < -0.39 is 0 Å². The first kappa shape index (κ1) is 32.4. The number of fused-ring (bicyclic) bond motifs is 9. The minimum atomic E-state index is 0.562. The Morgan fingerprint density at radius 2 is 0.897 bits per heavy atom. The van der Waals surface area contributed by atoms with Crippen molar-refractivity contribution in [2.45, 2.75) is 0 Å². The molecule has 5 heteroatoms. The van der Waals surface area contributed by atoms with Crippen molar-refractivity contribution in [2.75, 3.05) is 0 Å². The Hall–Kier alpha value is -7.89. The molecule has 3 aromatic heterocycles. The molecule has 3 heterocycles. The zero-order valence-corrected chi connectivity index (χ0v) is 31.1. The van der Waals surface area contributed by atoms with E-state index in [4.69, 9.17) is 23.8 Å². The number of aromatic nitrogens is 3. The smallest absolute Gasteiger partial charge is 0.164 e. The molecular weight excluding hydrogens is 711 g/mol. The van der Waals surface area contributed by atoms with Crippen LogP contribution in [0.25, 0.3) is 122 Å². The zero-order valence-electron chi connectivity index (χ0n) is 31.1. The summed E-state index contributed by atoms with van der Waals surface area (Å²) in [5, 5.41) is 8.42. The SMILES string of the molecule is c1ccc(-c2ccc3oc4cccc(-c5nc(-c6ccc7c(-c8ccccc8)cccc7c6)nc(-c6cccc7oc8c9ccccc9ccc8c67)n5)c4c3c2)cc1. The average molecular weight is 742 g/mol. The molecule has 0 amide bonds. The summed E-state index contributed by atoms with van der Waals surface area (Å²) < 4.78 is 13.1. The molecule has 12 aromatic rings. The molecule has 0 spiro atoms. The molecule has 58 heavy (non-hydrogen) atoms. The summed E-state index contributed by atoms with van der Waals surface area (Å²) in [5.41, 5.74) is 10.5. The summed E-state index contributed by atoms with van der Waals surface area (Å²) in [4.78, 5) is 15.9. The molecule has 0 bridgehead atoms. The molecule has 0 saturated carbocycles. The van der Waals surface area contributed by atoms with E-state index in [1.54, 1.807) is 0 Å². The van der Waals surface area contributed by atoms with E-state index in [0.717, 1.165) is 93.2 Å². The predicted molar refractivity (Wildman–Crippen MR) is 237 cm³/mol. The first-order chi connectivity index (χ1) is 28.7. The highest BCUT2D eigenvalue weighted by atomic mass is 16.3. The normalized spacial score (nSPS) is 11.8. The number of hydrogen-bond donors (Lipinski definition) is 0. The number of furan rings is 2. The number of hydrogen-bond acceptors (Lipinski definition) is 5. The van der Waals surface area contributed by atoms with Gasteiger partial charge >= 0.3 is 0 Å². The lowest BCUT2D eigenvalue weighted by atomic mass is 9.97. The molecule has 9 aromatic carbocycles. The Morgan fingerprint density at radius 1 is 0.293 bits per heavy atom. The average Bonchev–Trinajstić information content (AvgIpc) is 3.88. The molecule has 270 valence electrons. The Labute approximate surface area is 332 Å². The zero-order chi connectivity index (χ0) is 38.2. The van der Waals surface area contributed by atoms with E-state index in [1.807, 2.05) is 36.4 Å². The van der Waals surface area contributed by atoms with Gasteiger partial charge in [0.15, 0.2) is 17.5 Å². The number of nitrogens with zero attached hydrogens (tertiary/aromatic N) is 3. The van der Waals surface area contributed by atoms with Crippen LogP contribution in [0.4, 0.5) is 0 Å². The molecule has 0 aliphatic carbocycles. The molecule has 0 aliphatic rings. The van der Waals surface area contributed by atoms with Crippen molar-refractivity contribution in [3.63, 3.8) is 0 Å². The third-order valence-corrected chi connectivity index (χ3v) is 11.3. The highest BCUT2D eigenvalue weighted by Crippen LogP contribution is 2.42. The summed E-state index contributed by atoms with van der Waals surface area (Å²) in [6.07, 6.45) is 0. The van der Waals surface area contributed by atoms with Gasteiger partial charge in [-0.05, 0) is 74.8 Å². The van der Waals surface area contributed by atoms with E-state index in [9.17, 15) is 0 Å². The highest BCUT2D eigenvalue weighted by Gasteiger charge is 2.21. The van der Waals surface area contributed by atoms with Crippen molar-refractivity contribution < 1.29 is 8.83 Å². The molecule has 0 radical (unpaired) electrons. The summed E-state index contributed by atoms with van der Waals surface area (Å²) in [6, 6.07) is 65.1. The first-order valence-corrected chi connectivity index (χ1v) is 19.4. The Morgan fingerprint density at radius 3 is 1.69 bits per heavy atom. The minimum absolute atomic E-state index is 0.562. The van der Waals surface area contributed by atoms with Gasteiger partial charge in [0.2, 0.25) is 0 Å². The van der Waals surface area contributed by atoms with Crippen molar-refractivity contribution >= 4 is 65.4 Å². The van der Waals surface area contributed by atoms with E-state index >= 15 is 0 Å². The first-order valence-electron chi connectivity index (χ1n) is 19.4. The van der Waals surface area contributed by atoms with Crippen molar-refractivity contribution in [1.29, 1.82) is 0 Å². The van der Waals surface area contributed by atoms with Crippen LogP contribution < -0.4 is 0 Å². The van der Waals surface area contributed by atoms with Gasteiger partial charge in [-0.1, -0.05) is 152 Å². The fourth-order valence-electron chi connectivity index (χ4n) is 8.60. The predicted octanol–water partition coefficient (Wildman–Crippen LogP) is 14.3. The van der Waals surface area contributed by atoms with E-state index in [0.29, 0.717) is 17.5 Å². The van der Waals surface area contributed by atoms with E-state index in [2.05, 4.69) is 152 Å². The summed E-state index contributed by atoms with van der Waals surface area (Å²) in [7, 11) is 0. The van der Waals surface area contributed by atoms with Gasteiger partial charge in [-0.15, -0.1) is 0 Å². The fraction of sp³-hybridized carbons (Fsp3) is 0. The monoisotopic (exact) mass is 741 g/mol. The molecule has 5 nitrogen and oxygen atoms in total. The van der Waals surface area contributed by atoms with Crippen LogP contribution in [0.1, 0.15) is 0 Å². The van der Waals surface area contributed by atoms with Gasteiger partial charge in [0.25, 0.3) is 0 Å². The topological polar surface area (TPSA) is 65.0 Å². The van der Waals surface area contributed by atoms with Crippen molar-refractivity contribution in [1.82, 2.24) is 15.0 Å². The quantitative estimate of drug-likeness (QED) is 0.176. The lowest BCUT2D eigenvalue weighted by Gasteiger charge is -2.12. The Bertz CT molecular complexity index is 3570. The molecule has 0 unspecified atom stereocenters. The maximum Gasteiger partial charge on any atom is 0.164 e. The third-order valence-electron chi connectivity index (χ3n) is 11.3. The number of benzene rings is 9. The van der Waals surface area contributed by atoms with Crippen LogP contribution in [-0.2, 0) is 0 Å².